The molecular formula is C20H24INO3. The third-order valence-electron chi connectivity index (χ3n) is 4.32. The summed E-state index contributed by atoms with van der Waals surface area (Å²) in [6.45, 7) is 4.28. The topological polar surface area (TPSA) is 48.3 Å². The van der Waals surface area contributed by atoms with Gasteiger partial charge in [0.1, 0.15) is 5.56 Å². The van der Waals surface area contributed by atoms with Gasteiger partial charge >= 0.3 is 5.97 Å². The molecule has 25 heavy (non-hydrogen) atoms. The van der Waals surface area contributed by atoms with Gasteiger partial charge in [0.2, 0.25) is 0 Å². The number of esters is 1. The van der Waals surface area contributed by atoms with Crippen LogP contribution in [0.1, 0.15) is 48.7 Å². The molecule has 0 aliphatic carbocycles. The van der Waals surface area contributed by atoms with Crippen molar-refractivity contribution in [3.05, 3.63) is 55.4 Å². The number of rotatable bonds is 7. The molecule has 0 fully saturated rings. The lowest BCUT2D eigenvalue weighted by Gasteiger charge is -2.15. The third kappa shape index (κ3) is 4.93. The highest BCUT2D eigenvalue weighted by Gasteiger charge is 2.19. The molecule has 0 aliphatic heterocycles. The highest BCUT2D eigenvalue weighted by Crippen LogP contribution is 2.21. The number of pyridine rings is 1. The van der Waals surface area contributed by atoms with Crippen LogP contribution in [0.3, 0.4) is 0 Å². The number of hydrogen-bond donors (Lipinski definition) is 0. The monoisotopic (exact) mass is 453 g/mol. The van der Waals surface area contributed by atoms with E-state index in [0.29, 0.717) is 12.3 Å². The van der Waals surface area contributed by atoms with Gasteiger partial charge in [-0.05, 0) is 53.6 Å². The molecule has 0 saturated carbocycles. The Kier molecular flexibility index (Phi) is 7.23. The molecule has 4 nitrogen and oxygen atoms in total. The van der Waals surface area contributed by atoms with Crippen molar-refractivity contribution in [2.45, 2.75) is 39.5 Å². The van der Waals surface area contributed by atoms with E-state index >= 15 is 0 Å². The highest BCUT2D eigenvalue weighted by atomic mass is 127. The summed E-state index contributed by atoms with van der Waals surface area (Å²) in [7, 11) is 1.86. The molecule has 2 rings (SSSR count). The number of carbonyl (C=O) groups is 1. The van der Waals surface area contributed by atoms with Crippen LogP contribution in [0.4, 0.5) is 0 Å². The molecular weight excluding hydrogens is 429 g/mol. The molecule has 1 heterocycles. The molecule has 0 N–H and O–H groups in total. The van der Waals surface area contributed by atoms with Gasteiger partial charge in [-0.25, -0.2) is 4.79 Å². The Labute approximate surface area is 162 Å². The Morgan fingerprint density at radius 3 is 2.48 bits per heavy atom. The van der Waals surface area contributed by atoms with Gasteiger partial charge in [0.05, 0.1) is 12.3 Å². The van der Waals surface area contributed by atoms with Crippen LogP contribution >= 0.6 is 22.6 Å². The van der Waals surface area contributed by atoms with Gasteiger partial charge in [0.25, 0.3) is 0 Å². The minimum atomic E-state index is -0.524. The summed E-state index contributed by atoms with van der Waals surface area (Å²) >= 11 is 2.24. The quantitative estimate of drug-likeness (QED) is 0.347. The van der Waals surface area contributed by atoms with Gasteiger partial charge in [0.15, 0.2) is 5.43 Å². The predicted octanol–water partition coefficient (Wildman–Crippen LogP) is 4.70. The number of benzene rings is 1. The molecule has 1 aromatic carbocycles. The first-order valence-corrected chi connectivity index (χ1v) is 9.67. The molecule has 0 atom stereocenters. The van der Waals surface area contributed by atoms with E-state index < -0.39 is 5.97 Å². The van der Waals surface area contributed by atoms with E-state index in [1.807, 2.05) is 35.9 Å². The van der Waals surface area contributed by atoms with Gasteiger partial charge < -0.3 is 9.30 Å². The van der Waals surface area contributed by atoms with Crippen molar-refractivity contribution in [3.63, 3.8) is 0 Å². The van der Waals surface area contributed by atoms with Crippen LogP contribution in [0, 0.1) is 10.5 Å². The van der Waals surface area contributed by atoms with E-state index in [1.165, 1.54) is 6.07 Å². The summed E-state index contributed by atoms with van der Waals surface area (Å²) in [4.78, 5) is 24.8. The van der Waals surface area contributed by atoms with Crippen molar-refractivity contribution < 1.29 is 9.53 Å². The van der Waals surface area contributed by atoms with Crippen LogP contribution < -0.4 is 5.43 Å². The van der Waals surface area contributed by atoms with Crippen molar-refractivity contribution in [3.8, 4) is 11.3 Å². The molecule has 1 aromatic heterocycles. The zero-order valence-corrected chi connectivity index (χ0v) is 17.1. The summed E-state index contributed by atoms with van der Waals surface area (Å²) in [5.41, 5.74) is 2.20. The van der Waals surface area contributed by atoms with Crippen LogP contribution in [-0.2, 0) is 11.8 Å². The summed E-state index contributed by atoms with van der Waals surface area (Å²) in [5, 5.41) is 0. The van der Waals surface area contributed by atoms with Crippen LogP contribution in [0.5, 0.6) is 0 Å². The second-order valence-corrected chi connectivity index (χ2v) is 7.36. The minimum Gasteiger partial charge on any atom is -0.462 e. The van der Waals surface area contributed by atoms with Crippen molar-refractivity contribution in [1.29, 1.82) is 0 Å². The number of carbonyl (C=O) groups excluding carboxylic acids is 1. The first-order valence-electron chi connectivity index (χ1n) is 8.59. The fraction of sp³-hybridized carbons (Fsp3) is 0.400. The summed E-state index contributed by atoms with van der Waals surface area (Å²) in [6, 6.07) is 9.45. The van der Waals surface area contributed by atoms with Gasteiger partial charge in [0, 0.05) is 22.4 Å². The van der Waals surface area contributed by atoms with Crippen LogP contribution in [0.2, 0.25) is 0 Å². The fourth-order valence-electron chi connectivity index (χ4n) is 2.73. The summed E-state index contributed by atoms with van der Waals surface area (Å²) < 4.78 is 8.30. The average Bonchev–Trinajstić information content (AvgIpc) is 2.59. The lowest BCUT2D eigenvalue weighted by Crippen LogP contribution is -2.23. The third-order valence-corrected chi connectivity index (χ3v) is 5.03. The molecule has 0 spiro atoms. The lowest BCUT2D eigenvalue weighted by molar-refractivity contribution is 0.0494. The van der Waals surface area contributed by atoms with Crippen LogP contribution in [0.25, 0.3) is 11.3 Å². The molecule has 0 unspecified atom stereocenters. The zero-order valence-electron chi connectivity index (χ0n) is 15.0. The van der Waals surface area contributed by atoms with Gasteiger partial charge in [-0.2, -0.15) is 0 Å². The fourth-order valence-corrected chi connectivity index (χ4v) is 3.09. The SMILES string of the molecule is CCCCCCOC(=O)c1c(C)n(C)c(-c2ccc(I)cc2)cc1=O. The van der Waals surface area contributed by atoms with E-state index in [4.69, 9.17) is 4.74 Å². The van der Waals surface area contributed by atoms with Crippen molar-refractivity contribution >= 4 is 28.6 Å². The lowest BCUT2D eigenvalue weighted by atomic mass is 10.1. The number of aromatic nitrogens is 1. The van der Waals surface area contributed by atoms with Gasteiger partial charge in [-0.15, -0.1) is 0 Å². The van der Waals surface area contributed by atoms with Gasteiger partial charge in [-0.1, -0.05) is 38.3 Å². The maximum atomic E-state index is 12.5. The molecule has 2 aromatic rings. The highest BCUT2D eigenvalue weighted by molar-refractivity contribution is 14.1. The first-order chi connectivity index (χ1) is 12.0. The molecule has 0 amide bonds. The Hall–Kier alpha value is -1.63. The molecule has 5 heteroatoms. The zero-order chi connectivity index (χ0) is 18.4. The maximum Gasteiger partial charge on any atom is 0.343 e. The van der Waals surface area contributed by atoms with E-state index in [2.05, 4.69) is 29.5 Å². The number of ether oxygens (including phenoxy) is 1. The minimum absolute atomic E-state index is 0.132. The second kappa shape index (κ2) is 9.17. The van der Waals surface area contributed by atoms with Crippen LogP contribution in [-0.4, -0.2) is 17.1 Å². The van der Waals surface area contributed by atoms with Crippen molar-refractivity contribution in [2.75, 3.05) is 6.61 Å². The summed E-state index contributed by atoms with van der Waals surface area (Å²) in [5.74, 6) is -0.524. The first kappa shape index (κ1) is 19.7. The normalized spacial score (nSPS) is 10.7. The van der Waals surface area contributed by atoms with Gasteiger partial charge in [-0.3, -0.25) is 4.79 Å². The smallest absolute Gasteiger partial charge is 0.343 e. The largest absolute Gasteiger partial charge is 0.462 e. The maximum absolute atomic E-state index is 12.5. The number of hydrogen-bond acceptors (Lipinski definition) is 3. The molecule has 0 saturated heterocycles. The Morgan fingerprint density at radius 1 is 1.16 bits per heavy atom. The Bertz CT molecular complexity index is 794. The molecule has 0 bridgehead atoms. The number of nitrogens with zero attached hydrogens (tertiary/aromatic N) is 1. The molecule has 0 radical (unpaired) electrons. The summed E-state index contributed by atoms with van der Waals surface area (Å²) in [6.07, 6.45) is 4.13. The van der Waals surface area contributed by atoms with Crippen molar-refractivity contribution in [1.82, 2.24) is 4.57 Å². The van der Waals surface area contributed by atoms with Crippen LogP contribution in [0.15, 0.2) is 35.1 Å². The van der Waals surface area contributed by atoms with E-state index in [-0.39, 0.29) is 11.0 Å². The number of unbranched alkanes of at least 4 members (excludes halogenated alkanes) is 3. The average molecular weight is 453 g/mol. The number of halogens is 1. The standard InChI is InChI=1S/C20H24INO3/c1-4-5-6-7-12-25-20(24)19-14(2)22(3)17(13-18(19)23)15-8-10-16(21)11-9-15/h8-11,13H,4-7,12H2,1-3H3. The van der Waals surface area contributed by atoms with E-state index in [1.54, 1.807) is 6.92 Å². The molecule has 0 aliphatic rings. The Balaban J connectivity index is 2.24. The van der Waals surface area contributed by atoms with Crippen molar-refractivity contribution in [2.24, 2.45) is 7.05 Å². The Morgan fingerprint density at radius 2 is 1.84 bits per heavy atom. The predicted molar refractivity (Wildman–Crippen MR) is 109 cm³/mol. The second-order valence-electron chi connectivity index (χ2n) is 6.12. The molecule has 134 valence electrons. The van der Waals surface area contributed by atoms with E-state index in [9.17, 15) is 9.59 Å². The van der Waals surface area contributed by atoms with E-state index in [0.717, 1.165) is 40.5 Å².